The highest BCUT2D eigenvalue weighted by molar-refractivity contribution is 4.89. The molecule has 0 aliphatic heterocycles. The van der Waals surface area contributed by atoms with Gasteiger partial charge in [-0.3, -0.25) is 0 Å². The van der Waals surface area contributed by atoms with Crippen molar-refractivity contribution < 1.29 is 0 Å². The average molecular weight is 239 g/mol. The van der Waals surface area contributed by atoms with Gasteiger partial charge in [-0.2, -0.15) is 0 Å². The summed E-state index contributed by atoms with van der Waals surface area (Å²) in [5.41, 5.74) is 0.614. The molecule has 0 bridgehead atoms. The number of hydrogen-bond donors (Lipinski definition) is 1. The molecule has 0 spiro atoms. The molecule has 1 rings (SSSR count). The van der Waals surface area contributed by atoms with Gasteiger partial charge in [0, 0.05) is 6.54 Å². The molecule has 1 aliphatic rings. The highest BCUT2D eigenvalue weighted by atomic mass is 14.9. The van der Waals surface area contributed by atoms with Crippen molar-refractivity contribution in [1.82, 2.24) is 5.32 Å². The predicted molar refractivity (Wildman–Crippen MR) is 77.3 cm³/mol. The fraction of sp³-hybridized carbons (Fsp3) is 1.00. The van der Waals surface area contributed by atoms with Gasteiger partial charge in [0.2, 0.25) is 0 Å². The van der Waals surface area contributed by atoms with Crippen LogP contribution in [0.15, 0.2) is 0 Å². The molecule has 0 aromatic rings. The zero-order valence-corrected chi connectivity index (χ0v) is 12.5. The van der Waals surface area contributed by atoms with Gasteiger partial charge in [-0.1, -0.05) is 59.8 Å². The van der Waals surface area contributed by atoms with Crippen LogP contribution in [0.1, 0.15) is 72.6 Å². The van der Waals surface area contributed by atoms with Crippen LogP contribution in [0, 0.1) is 17.3 Å². The summed E-state index contributed by atoms with van der Waals surface area (Å²) in [4.78, 5) is 0. The lowest BCUT2D eigenvalue weighted by atomic mass is 9.65. The normalized spacial score (nSPS) is 21.7. The monoisotopic (exact) mass is 239 g/mol. The van der Waals surface area contributed by atoms with Crippen LogP contribution in [-0.2, 0) is 0 Å². The Morgan fingerprint density at radius 1 is 1.06 bits per heavy atom. The lowest BCUT2D eigenvalue weighted by Gasteiger charge is -2.43. The first-order chi connectivity index (χ1) is 8.10. The number of rotatable bonds is 7. The van der Waals surface area contributed by atoms with Gasteiger partial charge in [0.15, 0.2) is 0 Å². The molecular weight excluding hydrogens is 206 g/mol. The first-order valence-electron chi connectivity index (χ1n) is 7.81. The van der Waals surface area contributed by atoms with Gasteiger partial charge in [0.25, 0.3) is 0 Å². The van der Waals surface area contributed by atoms with Crippen LogP contribution in [0.4, 0.5) is 0 Å². The molecule has 1 atom stereocenters. The van der Waals surface area contributed by atoms with E-state index in [1.54, 1.807) is 0 Å². The Kier molecular flexibility index (Phi) is 6.54. The summed E-state index contributed by atoms with van der Waals surface area (Å²) < 4.78 is 0. The van der Waals surface area contributed by atoms with Crippen molar-refractivity contribution in [2.24, 2.45) is 17.3 Å². The van der Waals surface area contributed by atoms with Crippen LogP contribution in [0.2, 0.25) is 0 Å². The molecule has 0 aromatic heterocycles. The van der Waals surface area contributed by atoms with Crippen molar-refractivity contribution in [3.8, 4) is 0 Å². The zero-order valence-electron chi connectivity index (χ0n) is 12.5. The van der Waals surface area contributed by atoms with E-state index in [4.69, 9.17) is 0 Å². The van der Waals surface area contributed by atoms with E-state index in [-0.39, 0.29) is 0 Å². The lowest BCUT2D eigenvalue weighted by Crippen LogP contribution is -2.42. The third-order valence-corrected chi connectivity index (χ3v) is 4.65. The molecule has 1 unspecified atom stereocenters. The molecular formula is C16H33N. The fourth-order valence-electron chi connectivity index (χ4n) is 3.45. The van der Waals surface area contributed by atoms with Gasteiger partial charge >= 0.3 is 0 Å². The van der Waals surface area contributed by atoms with Gasteiger partial charge in [-0.25, -0.2) is 0 Å². The summed E-state index contributed by atoms with van der Waals surface area (Å²) in [5.74, 6) is 1.67. The number of hydrogen-bond acceptors (Lipinski definition) is 1. The lowest BCUT2D eigenvalue weighted by molar-refractivity contribution is 0.0968. The van der Waals surface area contributed by atoms with E-state index in [2.05, 4.69) is 33.0 Å². The molecule has 0 heterocycles. The van der Waals surface area contributed by atoms with Crippen molar-refractivity contribution in [2.75, 3.05) is 13.1 Å². The minimum atomic E-state index is 0.614. The Hall–Kier alpha value is -0.0400. The summed E-state index contributed by atoms with van der Waals surface area (Å²) in [6.07, 6.45) is 10.0. The van der Waals surface area contributed by atoms with Crippen LogP contribution in [0.3, 0.4) is 0 Å². The van der Waals surface area contributed by atoms with Crippen molar-refractivity contribution in [3.05, 3.63) is 0 Å². The summed E-state index contributed by atoms with van der Waals surface area (Å²) in [7, 11) is 0. The first kappa shape index (κ1) is 15.0. The van der Waals surface area contributed by atoms with Gasteiger partial charge in [-0.05, 0) is 36.6 Å². The van der Waals surface area contributed by atoms with Crippen molar-refractivity contribution >= 4 is 0 Å². The van der Waals surface area contributed by atoms with Gasteiger partial charge < -0.3 is 5.32 Å². The first-order valence-corrected chi connectivity index (χ1v) is 7.81. The molecule has 1 nitrogen and oxygen atoms in total. The van der Waals surface area contributed by atoms with E-state index in [0.29, 0.717) is 5.41 Å². The zero-order chi connectivity index (χ0) is 12.7. The Labute approximate surface area is 109 Å². The summed E-state index contributed by atoms with van der Waals surface area (Å²) >= 11 is 0. The quantitative estimate of drug-likeness (QED) is 0.683. The minimum Gasteiger partial charge on any atom is -0.316 e. The fourth-order valence-corrected chi connectivity index (χ4v) is 3.45. The van der Waals surface area contributed by atoms with E-state index >= 15 is 0 Å². The second-order valence-corrected chi connectivity index (χ2v) is 6.64. The van der Waals surface area contributed by atoms with Crippen LogP contribution in [0.5, 0.6) is 0 Å². The molecule has 1 saturated carbocycles. The smallest absolute Gasteiger partial charge is 0.00105 e. The Morgan fingerprint density at radius 3 is 2.24 bits per heavy atom. The SMILES string of the molecule is CCCC(C)C1(CNCC(C)C)CCCCC1. The van der Waals surface area contributed by atoms with E-state index in [0.717, 1.165) is 11.8 Å². The molecule has 0 amide bonds. The van der Waals surface area contributed by atoms with Crippen LogP contribution >= 0.6 is 0 Å². The molecule has 1 aliphatic carbocycles. The molecule has 0 aromatic carbocycles. The Bertz CT molecular complexity index is 192. The molecule has 0 radical (unpaired) electrons. The van der Waals surface area contributed by atoms with E-state index in [1.807, 2.05) is 0 Å². The largest absolute Gasteiger partial charge is 0.316 e. The van der Waals surface area contributed by atoms with Gasteiger partial charge in [0.05, 0.1) is 0 Å². The molecule has 0 saturated heterocycles. The van der Waals surface area contributed by atoms with E-state index < -0.39 is 0 Å². The molecule has 1 N–H and O–H groups in total. The maximum atomic E-state index is 3.73. The second-order valence-electron chi connectivity index (χ2n) is 6.64. The Morgan fingerprint density at radius 2 is 1.71 bits per heavy atom. The maximum absolute atomic E-state index is 3.73. The topological polar surface area (TPSA) is 12.0 Å². The highest BCUT2D eigenvalue weighted by Crippen LogP contribution is 2.43. The summed E-state index contributed by atoms with van der Waals surface area (Å²) in [6.45, 7) is 11.9. The molecule has 1 fully saturated rings. The van der Waals surface area contributed by atoms with Crippen molar-refractivity contribution in [1.29, 1.82) is 0 Å². The third-order valence-electron chi connectivity index (χ3n) is 4.65. The molecule has 17 heavy (non-hydrogen) atoms. The standard InChI is InChI=1S/C16H33N/c1-5-9-15(4)16(10-7-6-8-11-16)13-17-12-14(2)3/h14-15,17H,5-13H2,1-4H3. The van der Waals surface area contributed by atoms with Crippen molar-refractivity contribution in [3.63, 3.8) is 0 Å². The van der Waals surface area contributed by atoms with Crippen LogP contribution in [0.25, 0.3) is 0 Å². The second kappa shape index (κ2) is 7.41. The van der Waals surface area contributed by atoms with E-state index in [9.17, 15) is 0 Å². The molecule has 1 heteroatoms. The summed E-state index contributed by atoms with van der Waals surface area (Å²) in [5, 5.41) is 3.73. The number of nitrogens with one attached hydrogen (secondary N) is 1. The average Bonchev–Trinajstić information content (AvgIpc) is 2.30. The molecule has 102 valence electrons. The predicted octanol–water partition coefficient (Wildman–Crippen LogP) is 4.62. The van der Waals surface area contributed by atoms with Gasteiger partial charge in [0.1, 0.15) is 0 Å². The summed E-state index contributed by atoms with van der Waals surface area (Å²) in [6, 6.07) is 0. The van der Waals surface area contributed by atoms with E-state index in [1.165, 1.54) is 58.0 Å². The van der Waals surface area contributed by atoms with Crippen LogP contribution < -0.4 is 5.32 Å². The minimum absolute atomic E-state index is 0.614. The Balaban J connectivity index is 2.51. The third kappa shape index (κ3) is 4.62. The highest BCUT2D eigenvalue weighted by Gasteiger charge is 2.36. The maximum Gasteiger partial charge on any atom is 0.00105 e. The van der Waals surface area contributed by atoms with Crippen LogP contribution in [-0.4, -0.2) is 13.1 Å². The van der Waals surface area contributed by atoms with Gasteiger partial charge in [-0.15, -0.1) is 0 Å². The van der Waals surface area contributed by atoms with Crippen molar-refractivity contribution in [2.45, 2.75) is 72.6 Å².